The lowest BCUT2D eigenvalue weighted by atomic mass is 9.89. The minimum atomic E-state index is -0.443. The van der Waals surface area contributed by atoms with E-state index in [0.29, 0.717) is 6.42 Å². The summed E-state index contributed by atoms with van der Waals surface area (Å²) in [6.07, 6.45) is 6.32. The highest BCUT2D eigenvalue weighted by Gasteiger charge is 2.25. The van der Waals surface area contributed by atoms with Gasteiger partial charge in [0.25, 0.3) is 0 Å². The first-order valence-corrected chi connectivity index (χ1v) is 5.64. The van der Waals surface area contributed by atoms with Crippen LogP contribution in [0, 0.1) is 4.91 Å². The molecule has 2 atom stereocenters. The van der Waals surface area contributed by atoms with Crippen molar-refractivity contribution in [1.29, 1.82) is 0 Å². The van der Waals surface area contributed by atoms with Crippen LogP contribution in [0.2, 0.25) is 0 Å². The third-order valence-corrected chi connectivity index (χ3v) is 2.55. The molecule has 0 saturated heterocycles. The molecule has 3 nitrogen and oxygen atoms in total. The molecule has 14 heavy (non-hydrogen) atoms. The molecule has 0 aromatic heterocycles. The standard InChI is InChI=1S/C11H24N2O/c1-4-5-6-7-8-11(3,13-14)9-10(2)12/h10H,4-9,12H2,1-3H3. The Labute approximate surface area is 87.4 Å². The number of rotatable bonds is 8. The molecule has 3 heteroatoms. The average molecular weight is 200 g/mol. The van der Waals surface area contributed by atoms with E-state index in [2.05, 4.69) is 12.1 Å². The molecule has 0 aliphatic carbocycles. The van der Waals surface area contributed by atoms with Crippen molar-refractivity contribution < 1.29 is 0 Å². The molecule has 2 N–H and O–H groups in total. The van der Waals surface area contributed by atoms with Crippen molar-refractivity contribution in [3.05, 3.63) is 4.91 Å². The molecule has 0 aromatic rings. The highest BCUT2D eigenvalue weighted by Crippen LogP contribution is 2.24. The molecule has 84 valence electrons. The number of unbranched alkanes of at least 4 members (excludes halogenated alkanes) is 3. The maximum absolute atomic E-state index is 10.7. The Kier molecular flexibility index (Phi) is 6.71. The van der Waals surface area contributed by atoms with Crippen LogP contribution in [0.25, 0.3) is 0 Å². The maximum Gasteiger partial charge on any atom is 0.101 e. The first-order valence-electron chi connectivity index (χ1n) is 5.64. The van der Waals surface area contributed by atoms with E-state index in [-0.39, 0.29) is 6.04 Å². The Morgan fingerprint density at radius 1 is 1.36 bits per heavy atom. The second kappa shape index (κ2) is 6.93. The molecule has 0 fully saturated rings. The molecule has 0 aromatic carbocycles. The SMILES string of the molecule is CCCCCCC(C)(CC(C)N)N=O. The Balaban J connectivity index is 3.81. The fraction of sp³-hybridized carbons (Fsp3) is 1.00. The van der Waals surface area contributed by atoms with Crippen molar-refractivity contribution in [2.24, 2.45) is 10.9 Å². The maximum atomic E-state index is 10.7. The van der Waals surface area contributed by atoms with Crippen LogP contribution in [0.5, 0.6) is 0 Å². The van der Waals surface area contributed by atoms with E-state index in [0.717, 1.165) is 12.8 Å². The van der Waals surface area contributed by atoms with Crippen LogP contribution in [0.3, 0.4) is 0 Å². The topological polar surface area (TPSA) is 55.4 Å². The summed E-state index contributed by atoms with van der Waals surface area (Å²) in [7, 11) is 0. The lowest BCUT2D eigenvalue weighted by Gasteiger charge is -2.23. The van der Waals surface area contributed by atoms with Gasteiger partial charge < -0.3 is 5.73 Å². The number of hydrogen-bond donors (Lipinski definition) is 1. The largest absolute Gasteiger partial charge is 0.328 e. The molecule has 0 saturated carbocycles. The zero-order chi connectivity index (χ0) is 11.0. The van der Waals surface area contributed by atoms with Crippen LogP contribution in [-0.4, -0.2) is 11.6 Å². The lowest BCUT2D eigenvalue weighted by molar-refractivity contribution is 0.359. The van der Waals surface area contributed by atoms with Crippen molar-refractivity contribution in [3.8, 4) is 0 Å². The number of hydrogen-bond acceptors (Lipinski definition) is 3. The molecular weight excluding hydrogens is 176 g/mol. The summed E-state index contributed by atoms with van der Waals surface area (Å²) in [5, 5.41) is 3.23. The molecule has 0 heterocycles. The predicted octanol–water partition coefficient (Wildman–Crippen LogP) is 3.22. The molecule has 2 unspecified atom stereocenters. The van der Waals surface area contributed by atoms with Crippen molar-refractivity contribution >= 4 is 0 Å². The van der Waals surface area contributed by atoms with Gasteiger partial charge in [-0.25, -0.2) is 0 Å². The highest BCUT2D eigenvalue weighted by molar-refractivity contribution is 4.85. The summed E-state index contributed by atoms with van der Waals surface area (Å²) in [6, 6.07) is 0.0591. The molecule has 0 aliphatic rings. The molecule has 0 aliphatic heterocycles. The summed E-state index contributed by atoms with van der Waals surface area (Å²) in [5.74, 6) is 0. The van der Waals surface area contributed by atoms with Gasteiger partial charge in [-0.3, -0.25) is 0 Å². The van der Waals surface area contributed by atoms with Gasteiger partial charge in [-0.05, 0) is 26.7 Å². The quantitative estimate of drug-likeness (QED) is 0.483. The minimum absolute atomic E-state index is 0.0591. The van der Waals surface area contributed by atoms with Gasteiger partial charge in [0, 0.05) is 6.04 Å². The second-order valence-electron chi connectivity index (χ2n) is 4.58. The average Bonchev–Trinajstić information content (AvgIpc) is 2.11. The molecule has 0 radical (unpaired) electrons. The Bertz CT molecular complexity index is 159. The molecule has 0 rings (SSSR count). The van der Waals surface area contributed by atoms with E-state index in [1.54, 1.807) is 0 Å². The second-order valence-corrected chi connectivity index (χ2v) is 4.58. The van der Waals surface area contributed by atoms with E-state index in [1.807, 2.05) is 13.8 Å². The van der Waals surface area contributed by atoms with Crippen LogP contribution < -0.4 is 5.73 Å². The highest BCUT2D eigenvalue weighted by atomic mass is 16.3. The zero-order valence-electron chi connectivity index (χ0n) is 9.75. The normalized spacial score (nSPS) is 17.4. The van der Waals surface area contributed by atoms with Crippen LogP contribution in [0.4, 0.5) is 0 Å². The van der Waals surface area contributed by atoms with Crippen molar-refractivity contribution in [3.63, 3.8) is 0 Å². The number of nitrogens with two attached hydrogens (primary N) is 1. The van der Waals surface area contributed by atoms with Crippen LogP contribution in [0.15, 0.2) is 5.18 Å². The summed E-state index contributed by atoms with van der Waals surface area (Å²) < 4.78 is 0. The Hall–Kier alpha value is -0.440. The van der Waals surface area contributed by atoms with Gasteiger partial charge in [-0.2, -0.15) is 4.91 Å². The summed E-state index contributed by atoms with van der Waals surface area (Å²) in [5.41, 5.74) is 5.24. The summed E-state index contributed by atoms with van der Waals surface area (Å²) in [6.45, 7) is 6.02. The summed E-state index contributed by atoms with van der Waals surface area (Å²) in [4.78, 5) is 10.7. The van der Waals surface area contributed by atoms with Gasteiger partial charge in [-0.15, -0.1) is 0 Å². The van der Waals surface area contributed by atoms with Crippen molar-refractivity contribution in [2.75, 3.05) is 0 Å². The third-order valence-electron chi connectivity index (χ3n) is 2.55. The monoisotopic (exact) mass is 200 g/mol. The van der Waals surface area contributed by atoms with Crippen LogP contribution >= 0.6 is 0 Å². The Morgan fingerprint density at radius 3 is 2.43 bits per heavy atom. The van der Waals surface area contributed by atoms with E-state index in [4.69, 9.17) is 5.73 Å². The zero-order valence-corrected chi connectivity index (χ0v) is 9.75. The predicted molar refractivity (Wildman–Crippen MR) is 61.2 cm³/mol. The minimum Gasteiger partial charge on any atom is -0.328 e. The molecule has 0 spiro atoms. The summed E-state index contributed by atoms with van der Waals surface area (Å²) >= 11 is 0. The Morgan fingerprint density at radius 2 is 2.00 bits per heavy atom. The third kappa shape index (κ3) is 6.08. The van der Waals surface area contributed by atoms with E-state index in [1.165, 1.54) is 19.3 Å². The van der Waals surface area contributed by atoms with Crippen LogP contribution in [-0.2, 0) is 0 Å². The van der Waals surface area contributed by atoms with Gasteiger partial charge >= 0.3 is 0 Å². The van der Waals surface area contributed by atoms with E-state index >= 15 is 0 Å². The van der Waals surface area contributed by atoms with Gasteiger partial charge in [-0.1, -0.05) is 37.8 Å². The fourth-order valence-electron chi connectivity index (χ4n) is 1.81. The van der Waals surface area contributed by atoms with Gasteiger partial charge in [0.1, 0.15) is 5.54 Å². The molecule has 0 bridgehead atoms. The van der Waals surface area contributed by atoms with Gasteiger partial charge in [0.2, 0.25) is 0 Å². The number of nitroso groups, excluding NO2 is 1. The van der Waals surface area contributed by atoms with Crippen LogP contribution in [0.1, 0.15) is 59.3 Å². The smallest absolute Gasteiger partial charge is 0.101 e. The lowest BCUT2D eigenvalue weighted by Crippen LogP contribution is -2.30. The van der Waals surface area contributed by atoms with Crippen molar-refractivity contribution in [1.82, 2.24) is 0 Å². The van der Waals surface area contributed by atoms with Gasteiger partial charge in [0.15, 0.2) is 0 Å². The van der Waals surface area contributed by atoms with E-state index < -0.39 is 5.54 Å². The first kappa shape index (κ1) is 13.6. The van der Waals surface area contributed by atoms with Crippen molar-refractivity contribution in [2.45, 2.75) is 70.9 Å². The van der Waals surface area contributed by atoms with E-state index in [9.17, 15) is 4.91 Å². The first-order chi connectivity index (χ1) is 6.54. The van der Waals surface area contributed by atoms with Gasteiger partial charge in [0.05, 0.1) is 0 Å². The fourth-order valence-corrected chi connectivity index (χ4v) is 1.81. The molecule has 0 amide bonds. The number of nitrogens with zero attached hydrogens (tertiary/aromatic N) is 1. The molecular formula is C11H24N2O.